The summed E-state index contributed by atoms with van der Waals surface area (Å²) in [5.41, 5.74) is 1.27. The average Bonchev–Trinajstić information content (AvgIpc) is 2.95. The van der Waals surface area contributed by atoms with Gasteiger partial charge in [-0.15, -0.1) is 5.10 Å². The average molecular weight is 261 g/mol. The highest BCUT2D eigenvalue weighted by Gasteiger charge is 2.20. The number of carbonyl (C=O) groups is 1. The Kier molecular flexibility index (Phi) is 2.79. The molecule has 2 aromatic rings. The number of H-pyrrole nitrogens is 1. The first-order valence-corrected chi connectivity index (χ1v) is 5.68. The van der Waals surface area contributed by atoms with Crippen molar-refractivity contribution in [2.75, 3.05) is 20.3 Å². The van der Waals surface area contributed by atoms with E-state index in [4.69, 9.17) is 9.47 Å². The van der Waals surface area contributed by atoms with Gasteiger partial charge in [0, 0.05) is 5.56 Å². The van der Waals surface area contributed by atoms with E-state index in [1.165, 1.54) is 7.11 Å². The van der Waals surface area contributed by atoms with E-state index in [1.807, 2.05) is 0 Å². The van der Waals surface area contributed by atoms with E-state index in [0.29, 0.717) is 36.0 Å². The Balaban J connectivity index is 2.03. The zero-order valence-electron chi connectivity index (χ0n) is 10.2. The minimum absolute atomic E-state index is 0.138. The second-order valence-electron chi connectivity index (χ2n) is 3.87. The molecule has 2 heterocycles. The number of aromatic amines is 1. The lowest BCUT2D eigenvalue weighted by Crippen LogP contribution is -2.15. The molecule has 0 saturated carbocycles. The van der Waals surface area contributed by atoms with E-state index in [2.05, 4.69) is 20.1 Å². The molecule has 1 aromatic heterocycles. The fourth-order valence-corrected chi connectivity index (χ4v) is 1.86. The van der Waals surface area contributed by atoms with Crippen molar-refractivity contribution in [3.63, 3.8) is 0 Å². The lowest BCUT2D eigenvalue weighted by Gasteiger charge is -2.18. The maximum Gasteiger partial charge on any atom is 0.360 e. The lowest BCUT2D eigenvalue weighted by atomic mass is 10.1. The molecular weight excluding hydrogens is 250 g/mol. The number of methoxy groups -OCH3 is 1. The SMILES string of the molecule is COC(=O)c1n[nH]nc1-c1ccc2c(c1)OCCO2. The Morgan fingerprint density at radius 2 is 2.05 bits per heavy atom. The van der Waals surface area contributed by atoms with Crippen molar-refractivity contribution in [2.45, 2.75) is 0 Å². The van der Waals surface area contributed by atoms with E-state index < -0.39 is 5.97 Å². The second kappa shape index (κ2) is 4.60. The predicted molar refractivity (Wildman–Crippen MR) is 64.1 cm³/mol. The monoisotopic (exact) mass is 261 g/mol. The fraction of sp³-hybridized carbons (Fsp3) is 0.250. The van der Waals surface area contributed by atoms with Gasteiger partial charge in [0.15, 0.2) is 17.2 Å². The first-order chi connectivity index (χ1) is 9.29. The van der Waals surface area contributed by atoms with Gasteiger partial charge in [0.05, 0.1) is 7.11 Å². The molecule has 0 fully saturated rings. The van der Waals surface area contributed by atoms with E-state index in [1.54, 1.807) is 18.2 Å². The number of hydrogen-bond donors (Lipinski definition) is 1. The van der Waals surface area contributed by atoms with Crippen molar-refractivity contribution < 1.29 is 19.0 Å². The fourth-order valence-electron chi connectivity index (χ4n) is 1.86. The number of rotatable bonds is 2. The van der Waals surface area contributed by atoms with Gasteiger partial charge in [-0.3, -0.25) is 0 Å². The highest BCUT2D eigenvalue weighted by Crippen LogP contribution is 2.34. The summed E-state index contributed by atoms with van der Waals surface area (Å²) in [7, 11) is 1.30. The Morgan fingerprint density at radius 1 is 1.26 bits per heavy atom. The Bertz CT molecular complexity index is 623. The number of carbonyl (C=O) groups excluding carboxylic acids is 1. The molecule has 1 N–H and O–H groups in total. The van der Waals surface area contributed by atoms with Gasteiger partial charge in [-0.1, -0.05) is 0 Å². The molecule has 0 amide bonds. The molecular formula is C12H11N3O4. The van der Waals surface area contributed by atoms with Crippen LogP contribution in [0.2, 0.25) is 0 Å². The number of nitrogens with zero attached hydrogens (tertiary/aromatic N) is 2. The first kappa shape index (κ1) is 11.5. The van der Waals surface area contributed by atoms with Gasteiger partial charge in [0.25, 0.3) is 0 Å². The lowest BCUT2D eigenvalue weighted by molar-refractivity contribution is 0.0595. The third-order valence-corrected chi connectivity index (χ3v) is 2.74. The van der Waals surface area contributed by atoms with Crippen LogP contribution >= 0.6 is 0 Å². The number of hydrogen-bond acceptors (Lipinski definition) is 6. The van der Waals surface area contributed by atoms with Crippen LogP contribution in [-0.4, -0.2) is 41.7 Å². The van der Waals surface area contributed by atoms with Crippen LogP contribution in [0.4, 0.5) is 0 Å². The van der Waals surface area contributed by atoms with Crippen LogP contribution in [0, 0.1) is 0 Å². The first-order valence-electron chi connectivity index (χ1n) is 5.68. The van der Waals surface area contributed by atoms with Crippen molar-refractivity contribution in [3.8, 4) is 22.8 Å². The summed E-state index contributed by atoms with van der Waals surface area (Å²) in [6, 6.07) is 5.33. The molecule has 0 radical (unpaired) electrons. The van der Waals surface area contributed by atoms with Crippen molar-refractivity contribution in [1.82, 2.24) is 15.4 Å². The van der Waals surface area contributed by atoms with Gasteiger partial charge in [-0.2, -0.15) is 10.3 Å². The summed E-state index contributed by atoms with van der Waals surface area (Å²) in [6.45, 7) is 1.03. The van der Waals surface area contributed by atoms with Gasteiger partial charge < -0.3 is 14.2 Å². The van der Waals surface area contributed by atoms with Crippen molar-refractivity contribution in [1.29, 1.82) is 0 Å². The van der Waals surface area contributed by atoms with Gasteiger partial charge >= 0.3 is 5.97 Å². The third kappa shape index (κ3) is 1.99. The van der Waals surface area contributed by atoms with Crippen molar-refractivity contribution in [3.05, 3.63) is 23.9 Å². The summed E-state index contributed by atoms with van der Waals surface area (Å²) >= 11 is 0. The van der Waals surface area contributed by atoms with Crippen molar-refractivity contribution >= 4 is 5.97 Å². The van der Waals surface area contributed by atoms with Crippen LogP contribution in [-0.2, 0) is 4.74 Å². The minimum Gasteiger partial charge on any atom is -0.486 e. The van der Waals surface area contributed by atoms with Crippen LogP contribution in [0.1, 0.15) is 10.5 Å². The molecule has 7 nitrogen and oxygen atoms in total. The topological polar surface area (TPSA) is 86.3 Å². The maximum atomic E-state index is 11.6. The van der Waals surface area contributed by atoms with E-state index in [0.717, 1.165) is 0 Å². The number of aromatic nitrogens is 3. The largest absolute Gasteiger partial charge is 0.486 e. The van der Waals surface area contributed by atoms with Crippen LogP contribution in [0.3, 0.4) is 0 Å². The van der Waals surface area contributed by atoms with Crippen molar-refractivity contribution in [2.24, 2.45) is 0 Å². The number of ether oxygens (including phenoxy) is 3. The van der Waals surface area contributed by atoms with E-state index in [9.17, 15) is 4.79 Å². The van der Waals surface area contributed by atoms with E-state index >= 15 is 0 Å². The highest BCUT2D eigenvalue weighted by molar-refractivity contribution is 5.94. The molecule has 0 atom stereocenters. The second-order valence-corrected chi connectivity index (χ2v) is 3.87. The molecule has 3 rings (SSSR count). The molecule has 0 bridgehead atoms. The zero-order chi connectivity index (χ0) is 13.2. The molecule has 0 saturated heterocycles. The number of benzene rings is 1. The molecule has 1 aliphatic heterocycles. The van der Waals surface area contributed by atoms with Crippen LogP contribution in [0.25, 0.3) is 11.3 Å². The zero-order valence-corrected chi connectivity index (χ0v) is 10.2. The summed E-state index contributed by atoms with van der Waals surface area (Å²) < 4.78 is 15.6. The highest BCUT2D eigenvalue weighted by atomic mass is 16.6. The molecule has 19 heavy (non-hydrogen) atoms. The minimum atomic E-state index is -0.543. The van der Waals surface area contributed by atoms with Crippen LogP contribution < -0.4 is 9.47 Å². The Labute approximate surface area is 108 Å². The van der Waals surface area contributed by atoms with Gasteiger partial charge in [-0.05, 0) is 18.2 Å². The smallest absolute Gasteiger partial charge is 0.360 e. The number of esters is 1. The van der Waals surface area contributed by atoms with Gasteiger partial charge in [-0.25, -0.2) is 4.79 Å². The van der Waals surface area contributed by atoms with Crippen LogP contribution in [0.15, 0.2) is 18.2 Å². The van der Waals surface area contributed by atoms with E-state index in [-0.39, 0.29) is 5.69 Å². The normalized spacial score (nSPS) is 13.1. The summed E-state index contributed by atoms with van der Waals surface area (Å²) in [5, 5.41) is 10.2. The molecule has 1 aromatic carbocycles. The van der Waals surface area contributed by atoms with Gasteiger partial charge in [0.2, 0.25) is 0 Å². The van der Waals surface area contributed by atoms with Crippen LogP contribution in [0.5, 0.6) is 11.5 Å². The summed E-state index contributed by atoms with van der Waals surface area (Å²) in [5.74, 6) is 0.763. The molecule has 0 aliphatic carbocycles. The Hall–Kier alpha value is -2.57. The van der Waals surface area contributed by atoms with Gasteiger partial charge in [0.1, 0.15) is 18.9 Å². The summed E-state index contributed by atoms with van der Waals surface area (Å²) in [6.07, 6.45) is 0. The molecule has 0 spiro atoms. The number of fused-ring (bicyclic) bond motifs is 1. The quantitative estimate of drug-likeness (QED) is 0.812. The number of nitrogens with one attached hydrogen (secondary N) is 1. The molecule has 7 heteroatoms. The molecule has 0 unspecified atom stereocenters. The maximum absolute atomic E-state index is 11.6. The third-order valence-electron chi connectivity index (χ3n) is 2.74. The Morgan fingerprint density at radius 3 is 2.84 bits per heavy atom. The molecule has 98 valence electrons. The predicted octanol–water partition coefficient (Wildman–Crippen LogP) is 1.03. The standard InChI is InChI=1S/C12H11N3O4/c1-17-12(16)11-10(13-15-14-11)7-2-3-8-9(6-7)19-5-4-18-8/h2-3,6H,4-5H2,1H3,(H,13,14,15). The molecule has 1 aliphatic rings. The summed E-state index contributed by atoms with van der Waals surface area (Å²) in [4.78, 5) is 11.6.